The summed E-state index contributed by atoms with van der Waals surface area (Å²) in [5.74, 6) is 0.699. The first-order valence-corrected chi connectivity index (χ1v) is 12.7. The van der Waals surface area contributed by atoms with Gasteiger partial charge in [-0.25, -0.2) is 4.99 Å². The number of azide groups is 1. The number of rotatable bonds is 12. The first-order chi connectivity index (χ1) is 19.1. The van der Waals surface area contributed by atoms with Crippen LogP contribution in [-0.4, -0.2) is 42.7 Å². The number of aliphatic hydroxyl groups excluding tert-OH is 1. The van der Waals surface area contributed by atoms with Gasteiger partial charge in [0.1, 0.15) is 5.75 Å². The van der Waals surface area contributed by atoms with Crippen LogP contribution in [0.4, 0.5) is 0 Å². The van der Waals surface area contributed by atoms with Crippen LogP contribution in [-0.2, 0) is 16.1 Å². The first-order valence-electron chi connectivity index (χ1n) is 12.7. The Kier molecular flexibility index (Phi) is 9.34. The van der Waals surface area contributed by atoms with Gasteiger partial charge >= 0.3 is 0 Å². The lowest BCUT2D eigenvalue weighted by Gasteiger charge is -2.30. The topological polar surface area (TPSA) is 129 Å². The summed E-state index contributed by atoms with van der Waals surface area (Å²) in [5.41, 5.74) is 10.8. The van der Waals surface area contributed by atoms with Crippen LogP contribution in [0, 0.1) is 0 Å². The quantitative estimate of drug-likeness (QED) is 0.143. The molecule has 0 radical (unpaired) electrons. The van der Waals surface area contributed by atoms with Crippen molar-refractivity contribution in [2.75, 3.05) is 20.3 Å². The van der Waals surface area contributed by atoms with Crippen molar-refractivity contribution in [1.82, 2.24) is 5.32 Å². The van der Waals surface area contributed by atoms with E-state index in [2.05, 4.69) is 15.3 Å². The molecule has 9 heteroatoms. The maximum atomic E-state index is 13.6. The van der Waals surface area contributed by atoms with E-state index >= 15 is 0 Å². The van der Waals surface area contributed by atoms with Gasteiger partial charge < -0.3 is 19.9 Å². The summed E-state index contributed by atoms with van der Waals surface area (Å²) < 4.78 is 12.1. The Balaban J connectivity index is 1.75. The summed E-state index contributed by atoms with van der Waals surface area (Å²) in [7, 11) is 1.58. The molecule has 0 unspecified atom stereocenters. The van der Waals surface area contributed by atoms with Crippen molar-refractivity contribution < 1.29 is 19.4 Å². The molecule has 1 aliphatic rings. The molecule has 0 saturated carbocycles. The Morgan fingerprint density at radius 3 is 2.62 bits per heavy atom. The Morgan fingerprint density at radius 2 is 1.90 bits per heavy atom. The number of aliphatic hydroxyl groups is 1. The molecule has 2 atom stereocenters. The number of ether oxygens (including phenoxy) is 2. The molecule has 1 aliphatic heterocycles. The molecule has 0 bridgehead atoms. The number of carbonyl (C=O) groups excluding carboxylic acids is 1. The lowest BCUT2D eigenvalue weighted by atomic mass is 9.82. The fourth-order valence-corrected chi connectivity index (χ4v) is 4.49. The van der Waals surface area contributed by atoms with E-state index in [9.17, 15) is 4.79 Å². The minimum absolute atomic E-state index is 0.0611. The number of amides is 1. The van der Waals surface area contributed by atoms with Gasteiger partial charge in [-0.3, -0.25) is 4.79 Å². The van der Waals surface area contributed by atoms with Crippen LogP contribution in [0.5, 0.6) is 5.75 Å². The second-order valence-electron chi connectivity index (χ2n) is 8.97. The zero-order valence-electron chi connectivity index (χ0n) is 21.7. The number of likely N-dealkylation sites (N-methyl/N-ethyl adjacent to an activating group) is 1. The molecule has 0 aromatic heterocycles. The minimum Gasteiger partial charge on any atom is -0.494 e. The fourth-order valence-electron chi connectivity index (χ4n) is 4.49. The smallest absolute Gasteiger partial charge is 0.252 e. The average molecular weight is 526 g/mol. The van der Waals surface area contributed by atoms with Crippen molar-refractivity contribution in [2.45, 2.75) is 31.0 Å². The van der Waals surface area contributed by atoms with E-state index in [0.29, 0.717) is 30.2 Å². The van der Waals surface area contributed by atoms with Gasteiger partial charge in [0.15, 0.2) is 11.6 Å². The summed E-state index contributed by atoms with van der Waals surface area (Å²) in [6.07, 6.45) is 3.94. The molecule has 0 fully saturated rings. The predicted molar refractivity (Wildman–Crippen MR) is 150 cm³/mol. The number of nitrogens with zero attached hydrogens (tertiary/aromatic N) is 4. The summed E-state index contributed by atoms with van der Waals surface area (Å²) >= 11 is 0. The van der Waals surface area contributed by atoms with E-state index in [-0.39, 0.29) is 25.5 Å². The lowest BCUT2D eigenvalue weighted by Crippen LogP contribution is -2.47. The summed E-state index contributed by atoms with van der Waals surface area (Å²) in [4.78, 5) is 21.4. The monoisotopic (exact) mass is 525 g/mol. The molecule has 1 heterocycles. The fraction of sp³-hybridized carbons (Fsp3) is 0.267. The van der Waals surface area contributed by atoms with Gasteiger partial charge in [-0.1, -0.05) is 71.9 Å². The molecular formula is C30H31N5O4. The number of benzene rings is 3. The standard InChI is InChI=1S/C30H31N5O4/c1-32-29(37)30(18-7-11-22-9-3-2-4-10-22)27(26-13-6-5-12-24(26)21-33-35-31)39-28(34-30)23-14-16-25(17-15-23)38-20-8-19-36/h2-7,9-17,27,36H,8,18-21H2,1H3,(H,32,37)/b11-7+/t27-,30-/m1/s1. The molecule has 9 nitrogen and oxygen atoms in total. The molecule has 1 amide bonds. The summed E-state index contributed by atoms with van der Waals surface area (Å²) in [6.45, 7) is 0.585. The van der Waals surface area contributed by atoms with Gasteiger partial charge in [0.25, 0.3) is 5.91 Å². The normalized spacial score (nSPS) is 18.2. The van der Waals surface area contributed by atoms with Gasteiger partial charge in [-0.2, -0.15) is 0 Å². The molecule has 0 saturated heterocycles. The van der Waals surface area contributed by atoms with E-state index < -0.39 is 11.6 Å². The maximum Gasteiger partial charge on any atom is 0.252 e. The van der Waals surface area contributed by atoms with E-state index in [4.69, 9.17) is 25.1 Å². The Hall–Kier alpha value is -4.59. The highest BCUT2D eigenvalue weighted by atomic mass is 16.5. The van der Waals surface area contributed by atoms with Crippen LogP contribution in [0.2, 0.25) is 0 Å². The lowest BCUT2D eigenvalue weighted by molar-refractivity contribution is -0.128. The minimum atomic E-state index is -1.31. The van der Waals surface area contributed by atoms with Crippen molar-refractivity contribution in [2.24, 2.45) is 10.1 Å². The highest BCUT2D eigenvalue weighted by molar-refractivity contribution is 6.01. The zero-order valence-corrected chi connectivity index (χ0v) is 21.7. The Morgan fingerprint density at radius 1 is 1.15 bits per heavy atom. The third-order valence-corrected chi connectivity index (χ3v) is 6.44. The highest BCUT2D eigenvalue weighted by Crippen LogP contribution is 2.44. The van der Waals surface area contributed by atoms with Gasteiger partial charge in [0.2, 0.25) is 5.90 Å². The maximum absolute atomic E-state index is 13.6. The SMILES string of the molecule is CNC(=O)[C@]1(C/C=C/c2ccccc2)N=C(c2ccc(OCCCO)cc2)O[C@@H]1c1ccccc1CN=[N+]=[N-]. The Bertz CT molecular complexity index is 1370. The van der Waals surface area contributed by atoms with Crippen LogP contribution in [0.25, 0.3) is 16.5 Å². The number of aliphatic imine (C=N–C) groups is 1. The van der Waals surface area contributed by atoms with Gasteiger partial charge in [-0.15, -0.1) is 0 Å². The van der Waals surface area contributed by atoms with Crippen molar-refractivity contribution in [3.05, 3.63) is 118 Å². The van der Waals surface area contributed by atoms with E-state index in [0.717, 1.165) is 16.7 Å². The van der Waals surface area contributed by atoms with Gasteiger partial charge in [0, 0.05) is 37.0 Å². The third-order valence-electron chi connectivity index (χ3n) is 6.44. The first kappa shape index (κ1) is 27.4. The van der Waals surface area contributed by atoms with E-state index in [1.165, 1.54) is 0 Å². The number of hydrogen-bond acceptors (Lipinski definition) is 6. The number of carbonyl (C=O) groups is 1. The average Bonchev–Trinajstić information content (AvgIpc) is 3.37. The Labute approximate surface area is 227 Å². The van der Waals surface area contributed by atoms with Crippen LogP contribution < -0.4 is 10.1 Å². The van der Waals surface area contributed by atoms with Crippen molar-refractivity contribution in [1.29, 1.82) is 0 Å². The van der Waals surface area contributed by atoms with Gasteiger partial charge in [0.05, 0.1) is 13.2 Å². The van der Waals surface area contributed by atoms with Crippen LogP contribution >= 0.6 is 0 Å². The van der Waals surface area contributed by atoms with Crippen LogP contribution in [0.15, 0.2) is 95.0 Å². The second kappa shape index (κ2) is 13.3. The molecule has 4 rings (SSSR count). The second-order valence-corrected chi connectivity index (χ2v) is 8.97. The molecule has 0 spiro atoms. The van der Waals surface area contributed by atoms with Crippen molar-refractivity contribution >= 4 is 17.9 Å². The highest BCUT2D eigenvalue weighted by Gasteiger charge is 2.52. The molecule has 2 N–H and O–H groups in total. The predicted octanol–water partition coefficient (Wildman–Crippen LogP) is 5.36. The largest absolute Gasteiger partial charge is 0.494 e. The molecular weight excluding hydrogens is 494 g/mol. The van der Waals surface area contributed by atoms with Crippen molar-refractivity contribution in [3.63, 3.8) is 0 Å². The van der Waals surface area contributed by atoms with E-state index in [1.54, 1.807) is 19.2 Å². The van der Waals surface area contributed by atoms with Crippen LogP contribution in [0.3, 0.4) is 0 Å². The number of hydrogen-bond donors (Lipinski definition) is 2. The molecule has 3 aromatic carbocycles. The van der Waals surface area contributed by atoms with Gasteiger partial charge in [-0.05, 0) is 46.5 Å². The third kappa shape index (κ3) is 6.46. The molecule has 39 heavy (non-hydrogen) atoms. The summed E-state index contributed by atoms with van der Waals surface area (Å²) in [5, 5.41) is 15.5. The number of nitrogens with one attached hydrogen (secondary N) is 1. The van der Waals surface area contributed by atoms with E-state index in [1.807, 2.05) is 78.9 Å². The van der Waals surface area contributed by atoms with Crippen LogP contribution in [0.1, 0.15) is 41.2 Å². The zero-order chi connectivity index (χ0) is 27.5. The molecule has 0 aliphatic carbocycles. The summed E-state index contributed by atoms with van der Waals surface area (Å²) in [6, 6.07) is 24.6. The van der Waals surface area contributed by atoms with Crippen molar-refractivity contribution in [3.8, 4) is 5.75 Å². The molecule has 200 valence electrons. The molecule has 3 aromatic rings.